The molecule has 0 aliphatic rings. The largest absolute Gasteiger partial charge is 0.403 e. The first-order valence-corrected chi connectivity index (χ1v) is 4.90. The van der Waals surface area contributed by atoms with Crippen molar-refractivity contribution in [2.24, 2.45) is 11.7 Å². The molecule has 0 bridgehead atoms. The number of hydrogen-bond acceptors (Lipinski definition) is 2. The van der Waals surface area contributed by atoms with Gasteiger partial charge in [-0.25, -0.2) is 0 Å². The van der Waals surface area contributed by atoms with Crippen molar-refractivity contribution in [3.05, 3.63) is 11.7 Å². The average molecular weight is 181 g/mol. The van der Waals surface area contributed by atoms with Crippen LogP contribution in [0.15, 0.2) is 11.7 Å². The topological polar surface area (TPSA) is 35.2 Å². The molecule has 0 aliphatic heterocycles. The molecule has 0 aromatic heterocycles. The minimum Gasteiger partial charge on any atom is -0.403 e. The summed E-state index contributed by atoms with van der Waals surface area (Å²) in [5.41, 5.74) is 6.48. The Labute approximate surface area is 82.9 Å². The van der Waals surface area contributed by atoms with Gasteiger partial charge in [-0.1, -0.05) is 13.3 Å². The Morgan fingerprint density at radius 2 is 2.15 bits per heavy atom. The molecule has 0 aliphatic carbocycles. The van der Waals surface area contributed by atoms with Crippen molar-refractivity contribution in [3.63, 3.8) is 0 Å². The van der Waals surface area contributed by atoms with E-state index in [2.05, 4.69) is 6.92 Å². The molecule has 0 aromatic carbocycles. The van der Waals surface area contributed by atoms with E-state index in [1.54, 1.807) is 0 Å². The van der Waals surface area contributed by atoms with E-state index >= 15 is 0 Å². The highest BCUT2D eigenvalue weighted by Gasteiger charge is 2.10. The first-order valence-electron chi connectivity index (χ1n) is 4.90. The average Bonchev–Trinajstić information content (AvgIpc) is 2.10. The lowest BCUT2D eigenvalue weighted by atomic mass is 9.96. The molecule has 74 valence electrons. The fourth-order valence-electron chi connectivity index (χ4n) is 1.14. The summed E-state index contributed by atoms with van der Waals surface area (Å²) in [5.74, 6) is 1.75. The van der Waals surface area contributed by atoms with Gasteiger partial charge in [0.05, 0.1) is 12.7 Å². The summed E-state index contributed by atoms with van der Waals surface area (Å²) in [6.07, 6.45) is 2.39. The smallest absolute Gasteiger partial charge is 0.105 e. The predicted molar refractivity (Wildman–Crippen MR) is 57.5 cm³/mol. The Bertz CT molecular complexity index is 157. The van der Waals surface area contributed by atoms with Gasteiger partial charge in [0.2, 0.25) is 0 Å². The van der Waals surface area contributed by atoms with Crippen LogP contribution >= 0.6 is 0 Å². The first kappa shape index (κ1) is 12.6. The van der Waals surface area contributed by atoms with Gasteiger partial charge in [-0.2, -0.15) is 0 Å². The molecule has 0 saturated carbocycles. The quantitative estimate of drug-likeness (QED) is 0.634. The number of ether oxygens (including phenoxy) is 1. The summed E-state index contributed by atoms with van der Waals surface area (Å²) in [7, 11) is 5.37. The van der Waals surface area contributed by atoms with Gasteiger partial charge in [-0.3, -0.25) is 0 Å². The first-order chi connectivity index (χ1) is 6.11. The van der Waals surface area contributed by atoms with Crippen LogP contribution in [0.25, 0.3) is 0 Å². The third-order valence-electron chi connectivity index (χ3n) is 1.93. The summed E-state index contributed by atoms with van der Waals surface area (Å²) in [5, 5.41) is 0. The van der Waals surface area contributed by atoms with Crippen LogP contribution in [0.5, 0.6) is 0 Å². The zero-order chi connectivity index (χ0) is 10.3. The predicted octanol–water partition coefficient (Wildman–Crippen LogP) is 1.80. The van der Waals surface area contributed by atoms with E-state index in [9.17, 15) is 0 Å². The highest BCUT2D eigenvalue weighted by molar-refractivity contribution is 6.17. The van der Waals surface area contributed by atoms with Crippen LogP contribution in [0.4, 0.5) is 0 Å². The van der Waals surface area contributed by atoms with Gasteiger partial charge in [0.15, 0.2) is 0 Å². The van der Waals surface area contributed by atoms with Crippen LogP contribution in [0, 0.1) is 5.92 Å². The second-order valence-corrected chi connectivity index (χ2v) is 3.53. The Morgan fingerprint density at radius 3 is 2.54 bits per heavy atom. The lowest BCUT2D eigenvalue weighted by Crippen LogP contribution is -2.20. The Hall–Kier alpha value is -0.435. The molecule has 0 rings (SSSR count). The number of nitrogens with two attached hydrogens (primary N) is 1. The van der Waals surface area contributed by atoms with Crippen molar-refractivity contribution in [1.29, 1.82) is 0 Å². The second kappa shape index (κ2) is 7.02. The van der Waals surface area contributed by atoms with Gasteiger partial charge >= 0.3 is 0 Å². The van der Waals surface area contributed by atoms with Crippen LogP contribution in [-0.4, -0.2) is 20.6 Å². The normalized spacial score (nSPS) is 14.9. The van der Waals surface area contributed by atoms with Gasteiger partial charge in [0.1, 0.15) is 7.85 Å². The SMILES string of the molecule is [B]/C=C(/N)[C@H](CCC)COC(C)C. The van der Waals surface area contributed by atoms with Crippen LogP contribution < -0.4 is 5.73 Å². The van der Waals surface area contributed by atoms with Crippen LogP contribution in [0.3, 0.4) is 0 Å². The van der Waals surface area contributed by atoms with Gasteiger partial charge in [0.25, 0.3) is 0 Å². The van der Waals surface area contributed by atoms with Gasteiger partial charge in [0, 0.05) is 5.92 Å². The van der Waals surface area contributed by atoms with Crippen molar-refractivity contribution in [3.8, 4) is 0 Å². The van der Waals surface area contributed by atoms with Crippen molar-refractivity contribution in [2.45, 2.75) is 39.7 Å². The molecular weight excluding hydrogens is 161 g/mol. The molecule has 0 amide bonds. The molecule has 1 atom stereocenters. The maximum absolute atomic E-state index is 5.75. The summed E-state index contributed by atoms with van der Waals surface area (Å²) in [4.78, 5) is 0. The van der Waals surface area contributed by atoms with Crippen molar-refractivity contribution >= 4 is 7.85 Å². The monoisotopic (exact) mass is 181 g/mol. The molecule has 2 radical (unpaired) electrons. The molecule has 0 heterocycles. The lowest BCUT2D eigenvalue weighted by molar-refractivity contribution is 0.0568. The summed E-state index contributed by atoms with van der Waals surface area (Å²) >= 11 is 0. The van der Waals surface area contributed by atoms with Crippen molar-refractivity contribution in [1.82, 2.24) is 0 Å². The Balaban J connectivity index is 3.94. The van der Waals surface area contributed by atoms with Gasteiger partial charge < -0.3 is 10.5 Å². The van der Waals surface area contributed by atoms with Crippen LogP contribution in [0.2, 0.25) is 0 Å². The van der Waals surface area contributed by atoms with Crippen LogP contribution in [0.1, 0.15) is 33.6 Å². The number of rotatable bonds is 6. The molecule has 0 fully saturated rings. The molecule has 0 spiro atoms. The second-order valence-electron chi connectivity index (χ2n) is 3.53. The molecule has 0 aromatic rings. The fourth-order valence-corrected chi connectivity index (χ4v) is 1.14. The molecule has 0 saturated heterocycles. The summed E-state index contributed by atoms with van der Waals surface area (Å²) in [6.45, 7) is 6.84. The molecular formula is C10H20BNO. The summed E-state index contributed by atoms with van der Waals surface area (Å²) < 4.78 is 5.50. The maximum atomic E-state index is 5.75. The molecule has 13 heavy (non-hydrogen) atoms. The highest BCUT2D eigenvalue weighted by atomic mass is 16.5. The third-order valence-corrected chi connectivity index (χ3v) is 1.93. The van der Waals surface area contributed by atoms with E-state index in [0.29, 0.717) is 6.61 Å². The zero-order valence-electron chi connectivity index (χ0n) is 8.92. The van der Waals surface area contributed by atoms with E-state index in [1.165, 1.54) is 5.98 Å². The molecule has 2 nitrogen and oxygen atoms in total. The van der Waals surface area contributed by atoms with E-state index < -0.39 is 0 Å². The van der Waals surface area contributed by atoms with E-state index in [4.69, 9.17) is 18.3 Å². The minimum atomic E-state index is 0.255. The van der Waals surface area contributed by atoms with E-state index in [0.717, 1.165) is 18.5 Å². The minimum absolute atomic E-state index is 0.255. The molecule has 0 unspecified atom stereocenters. The third kappa shape index (κ3) is 5.75. The Morgan fingerprint density at radius 1 is 1.54 bits per heavy atom. The Kier molecular flexibility index (Phi) is 6.78. The van der Waals surface area contributed by atoms with Crippen molar-refractivity contribution < 1.29 is 4.74 Å². The fraction of sp³-hybridized carbons (Fsp3) is 0.800. The number of hydrogen-bond donors (Lipinski definition) is 1. The van der Waals surface area contributed by atoms with Crippen LogP contribution in [-0.2, 0) is 4.74 Å². The van der Waals surface area contributed by atoms with Gasteiger partial charge in [-0.15, -0.1) is 5.98 Å². The lowest BCUT2D eigenvalue weighted by Gasteiger charge is -2.18. The van der Waals surface area contributed by atoms with E-state index in [-0.39, 0.29) is 12.0 Å². The molecule has 3 heteroatoms. The highest BCUT2D eigenvalue weighted by Crippen LogP contribution is 2.13. The summed E-state index contributed by atoms with van der Waals surface area (Å²) in [6, 6.07) is 0. The maximum Gasteiger partial charge on any atom is 0.105 e. The standard InChI is InChI=1S/C10H20BNO/c1-4-5-9(10(12)6-11)7-13-8(2)3/h6,8-9H,4-5,7,12H2,1-3H3/b10-6+/t9-/m1/s1. The molecule has 2 N–H and O–H groups in total. The van der Waals surface area contributed by atoms with E-state index in [1.807, 2.05) is 13.8 Å². The zero-order valence-corrected chi connectivity index (χ0v) is 8.92. The van der Waals surface area contributed by atoms with Gasteiger partial charge in [-0.05, 0) is 26.0 Å². The van der Waals surface area contributed by atoms with Crippen molar-refractivity contribution in [2.75, 3.05) is 6.61 Å².